The van der Waals surface area contributed by atoms with E-state index in [1.807, 2.05) is 0 Å². The van der Waals surface area contributed by atoms with Crippen LogP contribution in [-0.2, 0) is 0 Å². The Balaban J connectivity index is 2.34. The molecular formula is C9H18N2. The molecule has 2 nitrogen and oxygen atoms in total. The molecule has 3 atom stereocenters. The van der Waals surface area contributed by atoms with Crippen LogP contribution in [-0.4, -0.2) is 11.6 Å². The molecule has 0 radical (unpaired) electrons. The van der Waals surface area contributed by atoms with Gasteiger partial charge in [0.2, 0.25) is 0 Å². The third kappa shape index (κ3) is 0.744. The number of hydrogen-bond donors (Lipinski definition) is 2. The summed E-state index contributed by atoms with van der Waals surface area (Å²) in [6.45, 7) is 4.52. The topological polar surface area (TPSA) is 52.0 Å². The molecule has 0 unspecified atom stereocenters. The van der Waals surface area contributed by atoms with Crippen LogP contribution in [0.2, 0.25) is 0 Å². The molecule has 2 saturated carbocycles. The Kier molecular flexibility index (Phi) is 1.24. The van der Waals surface area contributed by atoms with Gasteiger partial charge in [-0.1, -0.05) is 13.8 Å². The Morgan fingerprint density at radius 2 is 2.00 bits per heavy atom. The molecule has 2 fully saturated rings. The Hall–Kier alpha value is -0.0800. The highest BCUT2D eigenvalue weighted by Gasteiger charge is 2.58. The van der Waals surface area contributed by atoms with Crippen LogP contribution in [0.15, 0.2) is 0 Å². The van der Waals surface area contributed by atoms with Gasteiger partial charge in [0.25, 0.3) is 0 Å². The fourth-order valence-electron chi connectivity index (χ4n) is 3.02. The van der Waals surface area contributed by atoms with Crippen molar-refractivity contribution in [2.75, 3.05) is 0 Å². The molecule has 0 aromatic heterocycles. The van der Waals surface area contributed by atoms with Crippen molar-refractivity contribution in [2.24, 2.45) is 22.8 Å². The quantitative estimate of drug-likeness (QED) is 0.543. The predicted octanol–water partition coefficient (Wildman–Crippen LogP) is 0.851. The lowest BCUT2D eigenvalue weighted by Gasteiger charge is -2.39. The molecule has 0 amide bonds. The van der Waals surface area contributed by atoms with Gasteiger partial charge in [-0.3, -0.25) is 0 Å². The highest BCUT2D eigenvalue weighted by atomic mass is 14.9. The van der Waals surface area contributed by atoms with E-state index in [4.69, 9.17) is 11.5 Å². The van der Waals surface area contributed by atoms with E-state index in [0.29, 0.717) is 0 Å². The smallest absolute Gasteiger partial charge is 0.0316 e. The van der Waals surface area contributed by atoms with Crippen LogP contribution >= 0.6 is 0 Å². The molecule has 2 aliphatic rings. The Labute approximate surface area is 68.3 Å². The van der Waals surface area contributed by atoms with Crippen LogP contribution < -0.4 is 11.5 Å². The van der Waals surface area contributed by atoms with Crippen molar-refractivity contribution in [1.82, 2.24) is 0 Å². The third-order valence-electron chi connectivity index (χ3n) is 4.06. The van der Waals surface area contributed by atoms with Gasteiger partial charge in [0.15, 0.2) is 0 Å². The summed E-state index contributed by atoms with van der Waals surface area (Å²) in [5.41, 5.74) is 12.6. The van der Waals surface area contributed by atoms with Crippen molar-refractivity contribution in [3.05, 3.63) is 0 Å². The van der Waals surface area contributed by atoms with Crippen molar-refractivity contribution < 1.29 is 0 Å². The third-order valence-corrected chi connectivity index (χ3v) is 4.06. The number of nitrogens with two attached hydrogens (primary N) is 2. The minimum Gasteiger partial charge on any atom is -0.326 e. The zero-order valence-corrected chi connectivity index (χ0v) is 7.43. The molecule has 2 heteroatoms. The fourth-order valence-corrected chi connectivity index (χ4v) is 3.02. The van der Waals surface area contributed by atoms with Crippen molar-refractivity contribution in [3.63, 3.8) is 0 Å². The molecular weight excluding hydrogens is 136 g/mol. The van der Waals surface area contributed by atoms with E-state index >= 15 is 0 Å². The van der Waals surface area contributed by atoms with E-state index in [1.165, 1.54) is 6.42 Å². The molecule has 2 aliphatic carbocycles. The second kappa shape index (κ2) is 1.80. The normalized spacial score (nSPS) is 53.5. The lowest BCUT2D eigenvalue weighted by Crippen LogP contribution is -2.57. The van der Waals surface area contributed by atoms with E-state index < -0.39 is 0 Å². The maximum absolute atomic E-state index is 6.19. The highest BCUT2D eigenvalue weighted by molar-refractivity contribution is 5.16. The van der Waals surface area contributed by atoms with Crippen LogP contribution in [0.1, 0.15) is 33.1 Å². The summed E-state index contributed by atoms with van der Waals surface area (Å²) in [5.74, 6) is 0.780. The van der Waals surface area contributed by atoms with Gasteiger partial charge in [-0.05, 0) is 30.6 Å². The molecule has 0 spiro atoms. The molecule has 11 heavy (non-hydrogen) atoms. The Morgan fingerprint density at radius 3 is 2.27 bits per heavy atom. The summed E-state index contributed by atoms with van der Waals surface area (Å²) in [6, 6.07) is 0.216. The van der Waals surface area contributed by atoms with Crippen LogP contribution in [0.3, 0.4) is 0 Å². The summed E-state index contributed by atoms with van der Waals surface area (Å²) in [4.78, 5) is 0. The van der Waals surface area contributed by atoms with Crippen molar-refractivity contribution in [3.8, 4) is 0 Å². The van der Waals surface area contributed by atoms with Crippen molar-refractivity contribution in [1.29, 1.82) is 0 Å². The Morgan fingerprint density at radius 1 is 1.36 bits per heavy atom. The molecule has 64 valence electrons. The zero-order valence-electron chi connectivity index (χ0n) is 7.43. The monoisotopic (exact) mass is 154 g/mol. The maximum atomic E-state index is 6.19. The summed E-state index contributed by atoms with van der Waals surface area (Å²) in [6.07, 6.45) is 3.58. The van der Waals surface area contributed by atoms with Crippen LogP contribution in [0.25, 0.3) is 0 Å². The van der Waals surface area contributed by atoms with Crippen LogP contribution in [0.5, 0.6) is 0 Å². The van der Waals surface area contributed by atoms with Gasteiger partial charge in [-0.25, -0.2) is 0 Å². The van der Waals surface area contributed by atoms with Gasteiger partial charge in [0.05, 0.1) is 0 Å². The highest BCUT2D eigenvalue weighted by Crippen LogP contribution is 2.55. The summed E-state index contributed by atoms with van der Waals surface area (Å²) >= 11 is 0. The molecule has 0 saturated heterocycles. The van der Waals surface area contributed by atoms with E-state index in [-0.39, 0.29) is 17.0 Å². The predicted molar refractivity (Wildman–Crippen MR) is 46.0 cm³/mol. The average Bonchev–Trinajstić information content (AvgIpc) is 2.36. The largest absolute Gasteiger partial charge is 0.326 e. The zero-order chi connectivity index (χ0) is 8.28. The van der Waals surface area contributed by atoms with E-state index in [2.05, 4.69) is 13.8 Å². The molecule has 4 N–H and O–H groups in total. The first kappa shape index (κ1) is 7.56. The van der Waals surface area contributed by atoms with Gasteiger partial charge in [0, 0.05) is 11.6 Å². The lowest BCUT2D eigenvalue weighted by atomic mass is 9.71. The number of rotatable bonds is 0. The molecule has 2 bridgehead atoms. The van der Waals surface area contributed by atoms with Gasteiger partial charge in [0.1, 0.15) is 0 Å². The summed E-state index contributed by atoms with van der Waals surface area (Å²) in [7, 11) is 0. The van der Waals surface area contributed by atoms with Crippen LogP contribution in [0.4, 0.5) is 0 Å². The minimum atomic E-state index is -0.0197. The first-order valence-corrected chi connectivity index (χ1v) is 4.51. The molecule has 0 aliphatic heterocycles. The van der Waals surface area contributed by atoms with Crippen molar-refractivity contribution >= 4 is 0 Å². The molecule has 0 heterocycles. The average molecular weight is 154 g/mol. The fraction of sp³-hybridized carbons (Fsp3) is 1.00. The first-order chi connectivity index (χ1) is 4.97. The molecule has 0 aromatic carbocycles. The molecule has 0 aromatic rings. The number of fused-ring (bicyclic) bond motifs is 2. The SMILES string of the molecule is CC1(C)[C@H]2CC[C@@](N)(C2)[C@@H]1N. The number of hydrogen-bond acceptors (Lipinski definition) is 2. The van der Waals surface area contributed by atoms with Crippen LogP contribution in [0, 0.1) is 11.3 Å². The minimum absolute atomic E-state index is 0.0197. The molecule has 2 rings (SSSR count). The second-order valence-corrected chi connectivity index (χ2v) is 4.97. The second-order valence-electron chi connectivity index (χ2n) is 4.97. The maximum Gasteiger partial charge on any atom is 0.0316 e. The van der Waals surface area contributed by atoms with Gasteiger partial charge in [-0.15, -0.1) is 0 Å². The van der Waals surface area contributed by atoms with E-state index in [9.17, 15) is 0 Å². The van der Waals surface area contributed by atoms with Gasteiger partial charge < -0.3 is 11.5 Å². The first-order valence-electron chi connectivity index (χ1n) is 4.51. The van der Waals surface area contributed by atoms with Crippen molar-refractivity contribution in [2.45, 2.75) is 44.7 Å². The van der Waals surface area contributed by atoms with Gasteiger partial charge >= 0.3 is 0 Å². The summed E-state index contributed by atoms with van der Waals surface area (Å²) < 4.78 is 0. The Bertz CT molecular complexity index is 183. The standard InChI is InChI=1S/C9H18N2/c1-8(2)6-3-4-9(11,5-6)7(8)10/h6-7H,3-5,10-11H2,1-2H3/t6-,7+,9+/m0/s1. The van der Waals surface area contributed by atoms with E-state index in [0.717, 1.165) is 18.8 Å². The van der Waals surface area contributed by atoms with E-state index in [1.54, 1.807) is 0 Å². The van der Waals surface area contributed by atoms with Gasteiger partial charge in [-0.2, -0.15) is 0 Å². The summed E-state index contributed by atoms with van der Waals surface area (Å²) in [5, 5.41) is 0. The lowest BCUT2D eigenvalue weighted by molar-refractivity contribution is 0.169.